The van der Waals surface area contributed by atoms with E-state index in [1.165, 1.54) is 12.1 Å². The average Bonchev–Trinajstić information content (AvgIpc) is 2.92. The van der Waals surface area contributed by atoms with Gasteiger partial charge in [0.1, 0.15) is 22.7 Å². The molecule has 0 radical (unpaired) electrons. The third-order valence-electron chi connectivity index (χ3n) is 7.37. The summed E-state index contributed by atoms with van der Waals surface area (Å²) in [5, 5.41) is 31.4. The molecule has 230 valence electrons. The van der Waals surface area contributed by atoms with Crippen molar-refractivity contribution in [3.05, 3.63) is 64.7 Å². The van der Waals surface area contributed by atoms with Crippen LogP contribution in [0.25, 0.3) is 0 Å². The highest BCUT2D eigenvalue weighted by molar-refractivity contribution is 5.74. The molecule has 0 fully saturated rings. The Kier molecular flexibility index (Phi) is 10.7. The number of phenolic OH excluding ortho intramolecular Hbond substituents is 2. The van der Waals surface area contributed by atoms with E-state index in [9.17, 15) is 29.4 Å². The predicted octanol–water partition coefficient (Wildman–Crippen LogP) is 0.833. The number of rotatable bonds is 19. The first-order valence-corrected chi connectivity index (χ1v) is 14.5. The molecule has 0 amide bonds. The number of aromatic hydroxyl groups is 2. The quantitative estimate of drug-likeness (QED) is 0.0515. The summed E-state index contributed by atoms with van der Waals surface area (Å²) in [5.74, 6) is -0.393. The maximum absolute atomic E-state index is 12.1. The largest absolute Gasteiger partial charge is 0.504 e. The Labute approximate surface area is 246 Å². The first kappa shape index (κ1) is 32.6. The lowest BCUT2D eigenvalue weighted by molar-refractivity contribution is -0.890. The summed E-state index contributed by atoms with van der Waals surface area (Å²) < 4.78 is 1.58. The summed E-state index contributed by atoms with van der Waals surface area (Å²) in [4.78, 5) is 48.1. The van der Waals surface area contributed by atoms with E-state index in [1.54, 1.807) is 6.07 Å². The topological polar surface area (TPSA) is 157 Å². The summed E-state index contributed by atoms with van der Waals surface area (Å²) in [5.41, 5.74) is 0.167. The molecule has 0 unspecified atom stereocenters. The summed E-state index contributed by atoms with van der Waals surface area (Å²) in [6, 6.07) is 4.55. The summed E-state index contributed by atoms with van der Waals surface area (Å²) in [6.07, 6.45) is 2.99. The molecule has 0 aliphatic rings. The van der Waals surface area contributed by atoms with Crippen LogP contribution in [-0.4, -0.2) is 100 Å². The molecule has 3 aromatic rings. The predicted molar refractivity (Wildman–Crippen MR) is 169 cm³/mol. The number of benzene rings is 1. The molecule has 0 saturated heterocycles. The van der Waals surface area contributed by atoms with Crippen molar-refractivity contribution in [3.8, 4) is 11.5 Å². The minimum atomic E-state index is -0.543. The zero-order valence-electron chi connectivity index (χ0n) is 25.4. The van der Waals surface area contributed by atoms with Gasteiger partial charge in [-0.25, -0.2) is 0 Å². The first-order chi connectivity index (χ1) is 19.7. The van der Waals surface area contributed by atoms with Crippen LogP contribution >= 0.6 is 0 Å². The summed E-state index contributed by atoms with van der Waals surface area (Å²) in [6.45, 7) is 4.83. The van der Waals surface area contributed by atoms with Crippen LogP contribution in [0.5, 0.6) is 11.5 Å². The van der Waals surface area contributed by atoms with Gasteiger partial charge in [0.05, 0.1) is 54.9 Å². The minimum Gasteiger partial charge on any atom is -0.504 e. The zero-order chi connectivity index (χ0) is 31.1. The van der Waals surface area contributed by atoms with Crippen LogP contribution in [0.4, 0.5) is 22.7 Å². The van der Waals surface area contributed by atoms with Crippen LogP contribution in [0.3, 0.4) is 0 Å². The Morgan fingerprint density at radius 2 is 0.976 bits per heavy atom. The van der Waals surface area contributed by atoms with E-state index >= 15 is 0 Å². The molecular formula is C30H46N6O6+2. The van der Waals surface area contributed by atoms with Gasteiger partial charge in [0, 0.05) is 45.4 Å². The fourth-order valence-corrected chi connectivity index (χ4v) is 4.83. The van der Waals surface area contributed by atoms with Crippen LogP contribution in [0, 0.1) is 0 Å². The van der Waals surface area contributed by atoms with Gasteiger partial charge in [-0.3, -0.25) is 19.2 Å². The smallest absolute Gasteiger partial charge is 0.253 e. The van der Waals surface area contributed by atoms with Crippen LogP contribution in [0.1, 0.15) is 24.8 Å². The molecule has 0 aliphatic carbocycles. The van der Waals surface area contributed by atoms with Crippen molar-refractivity contribution in [1.82, 2.24) is 0 Å². The van der Waals surface area contributed by atoms with E-state index < -0.39 is 21.7 Å². The molecule has 0 aliphatic heterocycles. The molecular weight excluding hydrogens is 540 g/mol. The Morgan fingerprint density at radius 3 is 1.38 bits per heavy atom. The van der Waals surface area contributed by atoms with Crippen molar-refractivity contribution in [1.29, 1.82) is 0 Å². The Balaban J connectivity index is 1.35. The van der Waals surface area contributed by atoms with E-state index in [0.29, 0.717) is 49.7 Å². The maximum atomic E-state index is 12.1. The van der Waals surface area contributed by atoms with Crippen molar-refractivity contribution in [2.45, 2.75) is 25.7 Å². The van der Waals surface area contributed by atoms with Gasteiger partial charge < -0.3 is 40.4 Å². The number of quaternary nitrogens is 2. The molecule has 0 atom stereocenters. The standard InChI is InChI=1S/C30H44N6O6/c1-35(2,3)16-6-12-31-23-24(28(40)27(23)39)32-13-7-17-36(4,5)18-8-14-33-25-26(30(42)29(25)41)34-15-11-20-9-10-21(37)22(38)19-20/h9-10,19H,6-8,11-18H2,1-5H3,(H4-2,31,32,33,34,37,38,39,40,41,42)/p+2. The first-order valence-electron chi connectivity index (χ1n) is 14.5. The lowest BCUT2D eigenvalue weighted by atomic mass is 10.1. The molecule has 0 aromatic heterocycles. The van der Waals surface area contributed by atoms with Crippen molar-refractivity contribution in [2.24, 2.45) is 0 Å². The molecule has 42 heavy (non-hydrogen) atoms. The van der Waals surface area contributed by atoms with Gasteiger partial charge in [-0.05, 0) is 24.1 Å². The SMILES string of the molecule is C[N+](C)(C)CCCNc1c(NCCC[N+](C)(C)CCCNc2c(NCCc3ccc(O)c(O)c3)c(=O)c2=O)c(=O)c1=O. The highest BCUT2D eigenvalue weighted by Gasteiger charge is 2.22. The maximum Gasteiger partial charge on any atom is 0.253 e. The Hall–Kier alpha value is -3.90. The highest BCUT2D eigenvalue weighted by Crippen LogP contribution is 2.25. The lowest BCUT2D eigenvalue weighted by Crippen LogP contribution is -2.43. The van der Waals surface area contributed by atoms with Crippen LogP contribution in [0.15, 0.2) is 37.4 Å². The number of phenols is 2. The minimum absolute atomic E-state index is 0.191. The zero-order valence-corrected chi connectivity index (χ0v) is 25.4. The third kappa shape index (κ3) is 8.80. The van der Waals surface area contributed by atoms with Gasteiger partial charge in [0.25, 0.3) is 21.7 Å². The van der Waals surface area contributed by atoms with Crippen LogP contribution < -0.4 is 43.0 Å². The van der Waals surface area contributed by atoms with E-state index in [0.717, 1.165) is 53.4 Å². The average molecular weight is 587 g/mol. The molecule has 3 aromatic carbocycles. The molecule has 12 nitrogen and oxygen atoms in total. The van der Waals surface area contributed by atoms with Crippen molar-refractivity contribution in [2.75, 3.05) is 102 Å². The van der Waals surface area contributed by atoms with Gasteiger partial charge in [0.2, 0.25) is 0 Å². The van der Waals surface area contributed by atoms with E-state index in [1.807, 2.05) is 0 Å². The number of hydrogen-bond donors (Lipinski definition) is 6. The van der Waals surface area contributed by atoms with Crippen LogP contribution in [0.2, 0.25) is 0 Å². The molecule has 0 heterocycles. The molecule has 12 heteroatoms. The second-order valence-corrected chi connectivity index (χ2v) is 12.6. The third-order valence-corrected chi connectivity index (χ3v) is 7.37. The molecule has 0 saturated carbocycles. The number of hydrogen-bond acceptors (Lipinski definition) is 10. The highest BCUT2D eigenvalue weighted by atomic mass is 16.3. The van der Waals surface area contributed by atoms with Crippen molar-refractivity contribution >= 4 is 22.7 Å². The second-order valence-electron chi connectivity index (χ2n) is 12.6. The summed E-state index contributed by atoms with van der Waals surface area (Å²) >= 11 is 0. The second kappa shape index (κ2) is 13.8. The number of nitrogens with zero attached hydrogens (tertiary/aromatic N) is 2. The Bertz CT molecular complexity index is 1490. The van der Waals surface area contributed by atoms with Crippen LogP contribution in [-0.2, 0) is 6.42 Å². The van der Waals surface area contributed by atoms with Gasteiger partial charge in [-0.1, -0.05) is 6.07 Å². The van der Waals surface area contributed by atoms with E-state index in [4.69, 9.17) is 0 Å². The molecule has 6 N–H and O–H groups in total. The fraction of sp³-hybridized carbons (Fsp3) is 0.533. The summed E-state index contributed by atoms with van der Waals surface area (Å²) in [7, 11) is 10.6. The number of anilines is 4. The van der Waals surface area contributed by atoms with Crippen molar-refractivity contribution < 1.29 is 19.2 Å². The molecule has 0 bridgehead atoms. The fourth-order valence-electron chi connectivity index (χ4n) is 4.83. The van der Waals surface area contributed by atoms with E-state index in [-0.39, 0.29) is 17.2 Å². The molecule has 0 spiro atoms. The number of nitrogens with one attached hydrogen (secondary N) is 4. The van der Waals surface area contributed by atoms with Gasteiger partial charge in [-0.15, -0.1) is 0 Å². The molecule has 3 rings (SSSR count). The Morgan fingerprint density at radius 1 is 0.571 bits per heavy atom. The van der Waals surface area contributed by atoms with E-state index in [2.05, 4.69) is 56.5 Å². The monoisotopic (exact) mass is 586 g/mol. The van der Waals surface area contributed by atoms with Gasteiger partial charge in [0.15, 0.2) is 11.5 Å². The lowest BCUT2D eigenvalue weighted by Gasteiger charge is -2.30. The van der Waals surface area contributed by atoms with Crippen molar-refractivity contribution in [3.63, 3.8) is 0 Å². The van der Waals surface area contributed by atoms with Gasteiger partial charge >= 0.3 is 0 Å². The normalized spacial score (nSPS) is 12.1. The van der Waals surface area contributed by atoms with Gasteiger partial charge in [-0.2, -0.15) is 0 Å².